The molecular weight excluding hydrogens is 160 g/mol. The molecule has 1 radical (unpaired) electrons. The lowest BCUT2D eigenvalue weighted by Gasteiger charge is -2.00. The van der Waals surface area contributed by atoms with Gasteiger partial charge in [0, 0.05) is 6.61 Å². The lowest BCUT2D eigenvalue weighted by Crippen LogP contribution is -1.85. The Bertz CT molecular complexity index is 71.2. The zero-order valence-electron chi connectivity index (χ0n) is 9.10. The summed E-state index contributed by atoms with van der Waals surface area (Å²) >= 11 is 0. The molecule has 0 saturated heterocycles. The van der Waals surface area contributed by atoms with Crippen LogP contribution in [0.4, 0.5) is 0 Å². The van der Waals surface area contributed by atoms with E-state index in [9.17, 15) is 0 Å². The second kappa shape index (κ2) is 12.0. The van der Waals surface area contributed by atoms with Crippen molar-refractivity contribution in [2.45, 2.75) is 64.7 Å². The Hall–Kier alpha value is -0.0400. The third-order valence-electron chi connectivity index (χ3n) is 2.39. The van der Waals surface area contributed by atoms with E-state index in [1.807, 2.05) is 6.42 Å². The molecular formula is C12H25O. The van der Waals surface area contributed by atoms with Gasteiger partial charge < -0.3 is 5.11 Å². The fraction of sp³-hybridized carbons (Fsp3) is 0.917. The molecule has 0 aromatic rings. The minimum absolute atomic E-state index is 0.247. The Morgan fingerprint density at radius 3 is 1.92 bits per heavy atom. The van der Waals surface area contributed by atoms with E-state index < -0.39 is 0 Å². The van der Waals surface area contributed by atoms with E-state index >= 15 is 0 Å². The number of rotatable bonds is 10. The molecule has 0 aliphatic carbocycles. The molecule has 0 spiro atoms. The third kappa shape index (κ3) is 12.0. The molecule has 0 rings (SSSR count). The van der Waals surface area contributed by atoms with Crippen LogP contribution in [-0.2, 0) is 0 Å². The van der Waals surface area contributed by atoms with Crippen molar-refractivity contribution in [1.29, 1.82) is 0 Å². The lowest BCUT2D eigenvalue weighted by molar-refractivity contribution is 0.322. The SMILES string of the molecule is CCCCCCCCCC[CH]CO. The topological polar surface area (TPSA) is 20.2 Å². The average Bonchev–Trinajstić information content (AvgIpc) is 2.16. The highest BCUT2D eigenvalue weighted by atomic mass is 16.2. The van der Waals surface area contributed by atoms with E-state index in [4.69, 9.17) is 5.11 Å². The van der Waals surface area contributed by atoms with Gasteiger partial charge in [-0.1, -0.05) is 58.3 Å². The van der Waals surface area contributed by atoms with Crippen LogP contribution < -0.4 is 0 Å². The summed E-state index contributed by atoms with van der Waals surface area (Å²) in [5.74, 6) is 0. The zero-order chi connectivity index (χ0) is 9.78. The lowest BCUT2D eigenvalue weighted by atomic mass is 10.1. The minimum atomic E-state index is 0.247. The molecule has 13 heavy (non-hydrogen) atoms. The number of aliphatic hydroxyl groups is 1. The van der Waals surface area contributed by atoms with Crippen LogP contribution in [0.5, 0.6) is 0 Å². The van der Waals surface area contributed by atoms with Crippen molar-refractivity contribution in [1.82, 2.24) is 0 Å². The Labute approximate surface area is 83.5 Å². The van der Waals surface area contributed by atoms with Crippen molar-refractivity contribution in [3.05, 3.63) is 6.42 Å². The van der Waals surface area contributed by atoms with Crippen LogP contribution in [0, 0.1) is 6.42 Å². The van der Waals surface area contributed by atoms with Gasteiger partial charge in [0.25, 0.3) is 0 Å². The first-order valence-electron chi connectivity index (χ1n) is 5.84. The van der Waals surface area contributed by atoms with E-state index in [0.717, 1.165) is 6.42 Å². The van der Waals surface area contributed by atoms with Crippen LogP contribution in [0.25, 0.3) is 0 Å². The highest BCUT2D eigenvalue weighted by molar-refractivity contribution is 4.61. The average molecular weight is 185 g/mol. The predicted octanol–water partition coefficient (Wildman–Crippen LogP) is 3.71. The molecule has 1 N–H and O–H groups in total. The van der Waals surface area contributed by atoms with E-state index in [0.29, 0.717) is 0 Å². The standard InChI is InChI=1S/C12H25O/c1-2-3-4-5-6-7-8-9-10-11-12-13/h11,13H,2-10,12H2,1H3. The van der Waals surface area contributed by atoms with Crippen LogP contribution >= 0.6 is 0 Å². The van der Waals surface area contributed by atoms with Gasteiger partial charge in [0.05, 0.1) is 0 Å². The second-order valence-corrected chi connectivity index (χ2v) is 3.73. The number of unbranched alkanes of at least 4 members (excludes halogenated alkanes) is 9. The highest BCUT2D eigenvalue weighted by Gasteiger charge is 1.91. The largest absolute Gasteiger partial charge is 0.396 e. The highest BCUT2D eigenvalue weighted by Crippen LogP contribution is 2.09. The normalized spacial score (nSPS) is 10.6. The maximum atomic E-state index is 8.51. The van der Waals surface area contributed by atoms with Gasteiger partial charge in [0.2, 0.25) is 0 Å². The smallest absolute Gasteiger partial charge is 0.0462 e. The summed E-state index contributed by atoms with van der Waals surface area (Å²) in [5, 5.41) is 8.51. The molecule has 0 aliphatic heterocycles. The molecule has 0 bridgehead atoms. The monoisotopic (exact) mass is 185 g/mol. The number of aliphatic hydroxyl groups excluding tert-OH is 1. The molecule has 0 saturated carbocycles. The first-order valence-corrected chi connectivity index (χ1v) is 5.84. The predicted molar refractivity (Wildman–Crippen MR) is 58.6 cm³/mol. The molecule has 0 unspecified atom stereocenters. The van der Waals surface area contributed by atoms with Gasteiger partial charge in [-0.15, -0.1) is 0 Å². The van der Waals surface area contributed by atoms with Crippen molar-refractivity contribution in [2.24, 2.45) is 0 Å². The molecule has 0 atom stereocenters. The van der Waals surface area contributed by atoms with Crippen molar-refractivity contribution < 1.29 is 5.11 Å². The maximum Gasteiger partial charge on any atom is 0.0462 e. The molecule has 0 amide bonds. The number of hydrogen-bond acceptors (Lipinski definition) is 1. The molecule has 1 heteroatoms. The molecule has 1 nitrogen and oxygen atoms in total. The fourth-order valence-corrected chi connectivity index (χ4v) is 1.51. The summed E-state index contributed by atoms with van der Waals surface area (Å²) in [4.78, 5) is 0. The Morgan fingerprint density at radius 2 is 1.38 bits per heavy atom. The zero-order valence-corrected chi connectivity index (χ0v) is 9.10. The first kappa shape index (κ1) is 13.0. The van der Waals surface area contributed by atoms with Crippen molar-refractivity contribution in [3.8, 4) is 0 Å². The Morgan fingerprint density at radius 1 is 0.846 bits per heavy atom. The maximum absolute atomic E-state index is 8.51. The van der Waals surface area contributed by atoms with Crippen molar-refractivity contribution in [3.63, 3.8) is 0 Å². The van der Waals surface area contributed by atoms with Crippen LogP contribution in [-0.4, -0.2) is 11.7 Å². The third-order valence-corrected chi connectivity index (χ3v) is 2.39. The first-order chi connectivity index (χ1) is 6.41. The van der Waals surface area contributed by atoms with Gasteiger partial charge in [-0.05, 0) is 12.8 Å². The Balaban J connectivity index is 2.76. The summed E-state index contributed by atoms with van der Waals surface area (Å²) in [6.07, 6.45) is 14.0. The summed E-state index contributed by atoms with van der Waals surface area (Å²) in [7, 11) is 0. The van der Waals surface area contributed by atoms with E-state index in [1.54, 1.807) is 0 Å². The van der Waals surface area contributed by atoms with Gasteiger partial charge in [0.15, 0.2) is 0 Å². The molecule has 0 aromatic heterocycles. The number of hydrogen-bond donors (Lipinski definition) is 1. The van der Waals surface area contributed by atoms with E-state index in [2.05, 4.69) is 6.92 Å². The van der Waals surface area contributed by atoms with Crippen LogP contribution in [0.3, 0.4) is 0 Å². The minimum Gasteiger partial charge on any atom is -0.396 e. The van der Waals surface area contributed by atoms with Crippen LogP contribution in [0.1, 0.15) is 64.7 Å². The van der Waals surface area contributed by atoms with Gasteiger partial charge >= 0.3 is 0 Å². The van der Waals surface area contributed by atoms with E-state index in [1.165, 1.54) is 51.4 Å². The Kier molecular flexibility index (Phi) is 11.9. The molecule has 0 fully saturated rings. The van der Waals surface area contributed by atoms with Crippen LogP contribution in [0.15, 0.2) is 0 Å². The van der Waals surface area contributed by atoms with Gasteiger partial charge in [-0.3, -0.25) is 0 Å². The molecule has 0 aliphatic rings. The van der Waals surface area contributed by atoms with Gasteiger partial charge in [-0.2, -0.15) is 0 Å². The van der Waals surface area contributed by atoms with Gasteiger partial charge in [-0.25, -0.2) is 0 Å². The van der Waals surface area contributed by atoms with Gasteiger partial charge in [0.1, 0.15) is 0 Å². The second-order valence-electron chi connectivity index (χ2n) is 3.73. The van der Waals surface area contributed by atoms with Crippen LogP contribution in [0.2, 0.25) is 0 Å². The van der Waals surface area contributed by atoms with Crippen molar-refractivity contribution in [2.75, 3.05) is 6.61 Å². The summed E-state index contributed by atoms with van der Waals surface area (Å²) < 4.78 is 0. The molecule has 0 heterocycles. The molecule has 0 aromatic carbocycles. The molecule has 79 valence electrons. The summed E-state index contributed by atoms with van der Waals surface area (Å²) in [6, 6.07) is 0. The fourth-order valence-electron chi connectivity index (χ4n) is 1.51. The van der Waals surface area contributed by atoms with E-state index in [-0.39, 0.29) is 6.61 Å². The summed E-state index contributed by atoms with van der Waals surface area (Å²) in [6.45, 7) is 2.50. The van der Waals surface area contributed by atoms with Crippen molar-refractivity contribution >= 4 is 0 Å². The summed E-state index contributed by atoms with van der Waals surface area (Å²) in [5.41, 5.74) is 0. The quantitative estimate of drug-likeness (QED) is 0.514.